The molecule has 0 aromatic rings. The topological polar surface area (TPSA) is 72.8 Å². The highest BCUT2D eigenvalue weighted by Gasteiger charge is 2.03. The van der Waals surface area contributed by atoms with Crippen molar-refractivity contribution in [1.82, 2.24) is 0 Å². The monoisotopic (exact) mass is 260 g/mol. The van der Waals surface area contributed by atoms with E-state index in [0.717, 1.165) is 51.4 Å². The lowest BCUT2D eigenvalue weighted by atomic mass is 10.0. The average molecular weight is 260 g/mol. The maximum absolute atomic E-state index is 9.87. The summed E-state index contributed by atoms with van der Waals surface area (Å²) >= 11 is 0. The Kier molecular flexibility index (Phi) is 13.1. The van der Waals surface area contributed by atoms with E-state index in [2.05, 4.69) is 9.47 Å². The fourth-order valence-corrected chi connectivity index (χ4v) is 1.72. The van der Waals surface area contributed by atoms with Gasteiger partial charge in [-0.1, -0.05) is 12.8 Å². The molecule has 5 heteroatoms. The minimum Gasteiger partial charge on any atom is -0.468 e. The zero-order chi connectivity index (χ0) is 13.5. The van der Waals surface area contributed by atoms with Crippen molar-refractivity contribution in [3.8, 4) is 0 Å². The molecule has 0 rings (SSSR count). The van der Waals surface area contributed by atoms with Crippen molar-refractivity contribution in [2.45, 2.75) is 57.5 Å². The highest BCUT2D eigenvalue weighted by atomic mass is 16.5. The van der Waals surface area contributed by atoms with E-state index >= 15 is 0 Å². The van der Waals surface area contributed by atoms with Crippen LogP contribution in [-0.2, 0) is 19.1 Å². The van der Waals surface area contributed by atoms with Crippen molar-refractivity contribution in [1.29, 1.82) is 0 Å². The van der Waals surface area contributed by atoms with Crippen LogP contribution in [0.1, 0.15) is 51.4 Å². The molecule has 0 radical (unpaired) electrons. The number of ether oxygens (including phenoxy) is 2. The fourth-order valence-electron chi connectivity index (χ4n) is 1.72. The molecule has 0 bridgehead atoms. The summed E-state index contributed by atoms with van der Waals surface area (Å²) < 4.78 is 9.15. The lowest BCUT2D eigenvalue weighted by molar-refractivity contribution is -0.129. The quantitative estimate of drug-likeness (QED) is 0.381. The molecule has 18 heavy (non-hydrogen) atoms. The fraction of sp³-hybridized carbons (Fsp3) is 0.846. The summed E-state index contributed by atoms with van der Waals surface area (Å²) in [6.07, 6.45) is 6.91. The maximum Gasteiger partial charge on any atom is 0.293 e. The second kappa shape index (κ2) is 14.0. The summed E-state index contributed by atoms with van der Waals surface area (Å²) in [4.78, 5) is 19.7. The maximum atomic E-state index is 9.87. The molecule has 0 heterocycles. The van der Waals surface area contributed by atoms with Gasteiger partial charge < -0.3 is 14.6 Å². The van der Waals surface area contributed by atoms with Crippen LogP contribution in [0.3, 0.4) is 0 Å². The summed E-state index contributed by atoms with van der Waals surface area (Å²) in [5.41, 5.74) is 0. The number of carbonyl (C=O) groups excluding carboxylic acids is 2. The third-order valence-electron chi connectivity index (χ3n) is 2.74. The van der Waals surface area contributed by atoms with E-state index in [1.807, 2.05) is 0 Å². The SMILES string of the molecule is O=COCCCCCC(O)CCCCCOC=O. The lowest BCUT2D eigenvalue weighted by Gasteiger charge is -2.09. The van der Waals surface area contributed by atoms with Crippen molar-refractivity contribution >= 4 is 12.9 Å². The largest absolute Gasteiger partial charge is 0.468 e. The van der Waals surface area contributed by atoms with E-state index in [1.54, 1.807) is 0 Å². The zero-order valence-electron chi connectivity index (χ0n) is 10.9. The summed E-state index contributed by atoms with van der Waals surface area (Å²) in [6.45, 7) is 1.86. The summed E-state index contributed by atoms with van der Waals surface area (Å²) in [7, 11) is 0. The molecule has 0 aliphatic heterocycles. The molecule has 0 spiro atoms. The van der Waals surface area contributed by atoms with Crippen LogP contribution >= 0.6 is 0 Å². The van der Waals surface area contributed by atoms with E-state index < -0.39 is 0 Å². The standard InChI is InChI=1S/C13H24O5/c14-11-17-9-5-1-3-7-13(16)8-4-2-6-10-18-12-15/h11-13,16H,1-10H2. The molecule has 0 atom stereocenters. The molecule has 0 aromatic heterocycles. The molecular weight excluding hydrogens is 236 g/mol. The van der Waals surface area contributed by atoms with E-state index in [0.29, 0.717) is 26.2 Å². The van der Waals surface area contributed by atoms with Gasteiger partial charge in [0.15, 0.2) is 0 Å². The van der Waals surface area contributed by atoms with Gasteiger partial charge in [-0.3, -0.25) is 9.59 Å². The first-order valence-corrected chi connectivity index (χ1v) is 6.59. The van der Waals surface area contributed by atoms with Gasteiger partial charge in [0.1, 0.15) is 0 Å². The van der Waals surface area contributed by atoms with Crippen LogP contribution in [0.25, 0.3) is 0 Å². The summed E-state index contributed by atoms with van der Waals surface area (Å²) in [5.74, 6) is 0. The Labute approximate surface area is 108 Å². The van der Waals surface area contributed by atoms with Crippen molar-refractivity contribution in [2.75, 3.05) is 13.2 Å². The van der Waals surface area contributed by atoms with Gasteiger partial charge in [0.05, 0.1) is 19.3 Å². The minimum absolute atomic E-state index is 0.246. The van der Waals surface area contributed by atoms with Crippen LogP contribution in [0.2, 0.25) is 0 Å². The third kappa shape index (κ3) is 13.0. The number of aliphatic hydroxyl groups excluding tert-OH is 1. The number of unbranched alkanes of at least 4 members (excludes halogenated alkanes) is 4. The molecule has 0 aliphatic carbocycles. The molecular formula is C13H24O5. The highest BCUT2D eigenvalue weighted by molar-refractivity contribution is 5.36. The Hall–Kier alpha value is -1.10. The predicted octanol–water partition coefficient (Wildman–Crippen LogP) is 1.81. The molecule has 0 aliphatic rings. The van der Waals surface area contributed by atoms with Crippen molar-refractivity contribution in [3.63, 3.8) is 0 Å². The second-order valence-electron chi connectivity index (χ2n) is 4.29. The highest BCUT2D eigenvalue weighted by Crippen LogP contribution is 2.10. The van der Waals surface area contributed by atoms with E-state index in [1.165, 1.54) is 0 Å². The second-order valence-corrected chi connectivity index (χ2v) is 4.29. The first-order valence-electron chi connectivity index (χ1n) is 6.59. The van der Waals surface area contributed by atoms with Crippen molar-refractivity contribution < 1.29 is 24.2 Å². The van der Waals surface area contributed by atoms with Gasteiger partial charge in [-0.15, -0.1) is 0 Å². The van der Waals surface area contributed by atoms with Crippen LogP contribution in [0, 0.1) is 0 Å². The van der Waals surface area contributed by atoms with Crippen molar-refractivity contribution in [2.24, 2.45) is 0 Å². The smallest absolute Gasteiger partial charge is 0.293 e. The molecule has 0 unspecified atom stereocenters. The van der Waals surface area contributed by atoms with Gasteiger partial charge >= 0.3 is 0 Å². The molecule has 0 amide bonds. The number of rotatable bonds is 14. The normalized spacial score (nSPS) is 10.3. The number of carbonyl (C=O) groups is 2. The van der Waals surface area contributed by atoms with E-state index in [4.69, 9.17) is 0 Å². The van der Waals surface area contributed by atoms with Crippen molar-refractivity contribution in [3.05, 3.63) is 0 Å². The molecule has 0 saturated heterocycles. The Morgan fingerprint density at radius 3 is 1.61 bits per heavy atom. The molecule has 0 fully saturated rings. The number of hydrogen-bond donors (Lipinski definition) is 1. The van der Waals surface area contributed by atoms with Gasteiger partial charge in [0.2, 0.25) is 0 Å². The van der Waals surface area contributed by atoms with E-state index in [9.17, 15) is 14.7 Å². The van der Waals surface area contributed by atoms with Gasteiger partial charge in [0.25, 0.3) is 12.9 Å². The van der Waals surface area contributed by atoms with Crippen LogP contribution in [0.4, 0.5) is 0 Å². The Balaban J connectivity index is 3.14. The van der Waals surface area contributed by atoms with Crippen LogP contribution in [0.15, 0.2) is 0 Å². The Bertz CT molecular complexity index is 176. The predicted molar refractivity (Wildman–Crippen MR) is 67.0 cm³/mol. The average Bonchev–Trinajstić information content (AvgIpc) is 2.38. The number of hydrogen-bond acceptors (Lipinski definition) is 5. The van der Waals surface area contributed by atoms with Crippen LogP contribution in [0.5, 0.6) is 0 Å². The molecule has 0 saturated carbocycles. The van der Waals surface area contributed by atoms with Gasteiger partial charge in [-0.2, -0.15) is 0 Å². The number of aliphatic hydroxyl groups is 1. The summed E-state index contributed by atoms with van der Waals surface area (Å²) in [6, 6.07) is 0. The molecule has 106 valence electrons. The third-order valence-corrected chi connectivity index (χ3v) is 2.74. The van der Waals surface area contributed by atoms with Gasteiger partial charge in [-0.25, -0.2) is 0 Å². The van der Waals surface area contributed by atoms with Gasteiger partial charge in [-0.05, 0) is 38.5 Å². The first kappa shape index (κ1) is 16.9. The molecule has 1 N–H and O–H groups in total. The Morgan fingerprint density at radius 1 is 0.778 bits per heavy atom. The first-order chi connectivity index (χ1) is 8.81. The van der Waals surface area contributed by atoms with Gasteiger partial charge in [0, 0.05) is 0 Å². The molecule has 0 aromatic carbocycles. The Morgan fingerprint density at radius 2 is 1.22 bits per heavy atom. The zero-order valence-corrected chi connectivity index (χ0v) is 10.9. The minimum atomic E-state index is -0.246. The summed E-state index contributed by atoms with van der Waals surface area (Å²) in [5, 5.41) is 9.68. The van der Waals surface area contributed by atoms with Crippen LogP contribution in [-0.4, -0.2) is 37.4 Å². The lowest BCUT2D eigenvalue weighted by Crippen LogP contribution is -2.06. The molecule has 5 nitrogen and oxygen atoms in total. The van der Waals surface area contributed by atoms with E-state index in [-0.39, 0.29) is 6.10 Å². The van der Waals surface area contributed by atoms with Crippen LogP contribution < -0.4 is 0 Å².